The van der Waals surface area contributed by atoms with Crippen LogP contribution >= 0.6 is 0 Å². The summed E-state index contributed by atoms with van der Waals surface area (Å²) in [6.07, 6.45) is 0. The monoisotopic (exact) mass is 138 g/mol. The molecule has 0 N–H and O–H groups in total. The Kier molecular flexibility index (Phi) is 4.99. The average Bonchev–Trinajstić information content (AvgIpc) is 1.41. The van der Waals surface area contributed by atoms with Gasteiger partial charge in [-0.3, -0.25) is 0 Å². The zero-order valence-electron chi connectivity index (χ0n) is 3.82. The average molecular weight is 137 g/mol. The van der Waals surface area contributed by atoms with Crippen LogP contribution in [0.15, 0.2) is 0 Å². The Morgan fingerprint density at radius 3 is 1.60 bits per heavy atom. The first-order valence-electron chi connectivity index (χ1n) is 1.99. The van der Waals surface area contributed by atoms with Crippen molar-refractivity contribution >= 4 is 15.0 Å². The third-order valence-electron chi connectivity index (χ3n) is 0.408. The quantitative estimate of drug-likeness (QED) is 0.507. The van der Waals surface area contributed by atoms with E-state index in [9.17, 15) is 0 Å². The van der Waals surface area contributed by atoms with Gasteiger partial charge in [-0.2, -0.15) is 0 Å². The normalized spacial score (nSPS) is 8.40. The molecule has 0 heterocycles. The summed E-state index contributed by atoms with van der Waals surface area (Å²) in [4.78, 5) is 0. The van der Waals surface area contributed by atoms with Crippen molar-refractivity contribution in [1.82, 2.24) is 0 Å². The summed E-state index contributed by atoms with van der Waals surface area (Å²) in [5.74, 6) is 0. The molecule has 0 aliphatic heterocycles. The van der Waals surface area contributed by atoms with Crippen LogP contribution < -0.4 is 0 Å². The van der Waals surface area contributed by atoms with Crippen molar-refractivity contribution in [3.05, 3.63) is 0 Å². The standard InChI is InChI=1S/C4H10Se/c1-3-5-4-2/h3-4H2,1-2H3. The zero-order chi connectivity index (χ0) is 4.12. The Morgan fingerprint density at radius 1 is 1.20 bits per heavy atom. The molecule has 1 heteroatoms. The van der Waals surface area contributed by atoms with E-state index in [-0.39, 0.29) is 0 Å². The fourth-order valence-electron chi connectivity index (χ4n) is 0.204. The molecule has 0 atom stereocenters. The number of hydrogen-bond donors (Lipinski definition) is 0. The second kappa shape index (κ2) is 4.52. The fourth-order valence-corrected chi connectivity index (χ4v) is 1.06. The van der Waals surface area contributed by atoms with Gasteiger partial charge < -0.3 is 0 Å². The zero-order valence-corrected chi connectivity index (χ0v) is 5.54. The first kappa shape index (κ1) is 5.52. The van der Waals surface area contributed by atoms with Crippen molar-refractivity contribution in [3.63, 3.8) is 0 Å². The van der Waals surface area contributed by atoms with E-state index in [1.165, 1.54) is 10.6 Å². The molecule has 0 amide bonds. The minimum absolute atomic E-state index is 0.958. The second-order valence-electron chi connectivity index (χ2n) is 0.781. The van der Waals surface area contributed by atoms with Crippen LogP contribution in [-0.2, 0) is 0 Å². The van der Waals surface area contributed by atoms with E-state index in [0.717, 1.165) is 15.0 Å². The Hall–Kier alpha value is 0.519. The van der Waals surface area contributed by atoms with Crippen molar-refractivity contribution in [1.29, 1.82) is 0 Å². The third-order valence-corrected chi connectivity index (χ3v) is 2.12. The van der Waals surface area contributed by atoms with Crippen LogP contribution in [0.4, 0.5) is 0 Å². The summed E-state index contributed by atoms with van der Waals surface area (Å²) in [5, 5.41) is 2.81. The van der Waals surface area contributed by atoms with Crippen LogP contribution in [0.25, 0.3) is 0 Å². The van der Waals surface area contributed by atoms with Crippen molar-refractivity contribution in [2.75, 3.05) is 0 Å². The van der Waals surface area contributed by atoms with Gasteiger partial charge in [-0.25, -0.2) is 0 Å². The molecule has 0 aliphatic carbocycles. The van der Waals surface area contributed by atoms with Crippen molar-refractivity contribution in [2.24, 2.45) is 0 Å². The van der Waals surface area contributed by atoms with E-state index in [0.29, 0.717) is 0 Å². The van der Waals surface area contributed by atoms with Gasteiger partial charge in [0, 0.05) is 0 Å². The van der Waals surface area contributed by atoms with E-state index >= 15 is 0 Å². The molecule has 0 bridgehead atoms. The number of hydrogen-bond acceptors (Lipinski definition) is 0. The van der Waals surface area contributed by atoms with Gasteiger partial charge in [-0.15, -0.1) is 0 Å². The van der Waals surface area contributed by atoms with Crippen LogP contribution in [-0.4, -0.2) is 15.0 Å². The van der Waals surface area contributed by atoms with Crippen LogP contribution in [0, 0.1) is 0 Å². The molecule has 0 rings (SSSR count). The van der Waals surface area contributed by atoms with Gasteiger partial charge in [0.15, 0.2) is 0 Å². The van der Waals surface area contributed by atoms with Gasteiger partial charge in [0.2, 0.25) is 0 Å². The summed E-state index contributed by atoms with van der Waals surface area (Å²) in [6.45, 7) is 4.48. The first-order valence-corrected chi connectivity index (χ1v) is 4.41. The van der Waals surface area contributed by atoms with Crippen molar-refractivity contribution < 1.29 is 0 Å². The van der Waals surface area contributed by atoms with Gasteiger partial charge >= 0.3 is 39.4 Å². The Morgan fingerprint density at radius 2 is 1.60 bits per heavy atom. The molecule has 0 nitrogen and oxygen atoms in total. The SMILES string of the molecule is CC[Se]CC. The molecule has 0 radical (unpaired) electrons. The molecule has 0 aliphatic rings. The van der Waals surface area contributed by atoms with Gasteiger partial charge in [0.05, 0.1) is 0 Å². The van der Waals surface area contributed by atoms with Crippen LogP contribution in [0.2, 0.25) is 10.6 Å². The summed E-state index contributed by atoms with van der Waals surface area (Å²) in [7, 11) is 0. The molecular weight excluding hydrogens is 127 g/mol. The molecule has 5 heavy (non-hydrogen) atoms. The molecule has 0 unspecified atom stereocenters. The van der Waals surface area contributed by atoms with E-state index in [4.69, 9.17) is 0 Å². The molecule has 0 aromatic rings. The molecule has 0 fully saturated rings. The second-order valence-corrected chi connectivity index (χ2v) is 4.06. The Balaban J connectivity index is 2.19. The molecule has 0 saturated heterocycles. The summed E-state index contributed by atoms with van der Waals surface area (Å²) in [6, 6.07) is 0. The molecule has 0 spiro atoms. The van der Waals surface area contributed by atoms with Gasteiger partial charge in [0.25, 0.3) is 0 Å². The maximum absolute atomic E-state index is 2.24. The maximum atomic E-state index is 2.24. The summed E-state index contributed by atoms with van der Waals surface area (Å²) in [5.41, 5.74) is 0. The van der Waals surface area contributed by atoms with Crippen molar-refractivity contribution in [3.8, 4) is 0 Å². The van der Waals surface area contributed by atoms with Crippen molar-refractivity contribution in [2.45, 2.75) is 24.5 Å². The van der Waals surface area contributed by atoms with Gasteiger partial charge in [-0.1, -0.05) is 0 Å². The van der Waals surface area contributed by atoms with Gasteiger partial charge in [-0.05, 0) is 0 Å². The third kappa shape index (κ3) is 4.52. The van der Waals surface area contributed by atoms with E-state index in [1.807, 2.05) is 0 Å². The van der Waals surface area contributed by atoms with E-state index in [1.54, 1.807) is 0 Å². The minimum atomic E-state index is 0.958. The molecular formula is C4H10Se. The predicted octanol–water partition coefficient (Wildman–Crippen LogP) is 1.57. The van der Waals surface area contributed by atoms with Crippen LogP contribution in [0.1, 0.15) is 13.8 Å². The molecule has 32 valence electrons. The predicted molar refractivity (Wildman–Crippen MR) is 26.7 cm³/mol. The Labute approximate surface area is 40.1 Å². The molecule has 0 saturated carbocycles. The van der Waals surface area contributed by atoms with Crippen LogP contribution in [0.3, 0.4) is 0 Å². The molecule has 0 aromatic carbocycles. The van der Waals surface area contributed by atoms with E-state index < -0.39 is 0 Å². The summed E-state index contributed by atoms with van der Waals surface area (Å²) < 4.78 is 0. The summed E-state index contributed by atoms with van der Waals surface area (Å²) >= 11 is 0.958. The Bertz CT molecular complexity index is 11.1. The van der Waals surface area contributed by atoms with Gasteiger partial charge in [0.1, 0.15) is 0 Å². The number of rotatable bonds is 2. The topological polar surface area (TPSA) is 0 Å². The van der Waals surface area contributed by atoms with E-state index in [2.05, 4.69) is 13.8 Å². The molecule has 0 aromatic heterocycles. The van der Waals surface area contributed by atoms with Crippen LogP contribution in [0.5, 0.6) is 0 Å². The fraction of sp³-hybridized carbons (Fsp3) is 1.00. The first-order chi connectivity index (χ1) is 2.41.